The molecule has 2 aromatic rings. The number of nitrogens with zero attached hydrogens (tertiary/aromatic N) is 1. The molecule has 1 heterocycles. The van der Waals surface area contributed by atoms with Gasteiger partial charge in [0.05, 0.1) is 5.69 Å². The number of benzene rings is 1. The summed E-state index contributed by atoms with van der Waals surface area (Å²) < 4.78 is 2.06. The van der Waals surface area contributed by atoms with Crippen molar-refractivity contribution in [3.05, 3.63) is 58.4 Å². The molecule has 0 saturated heterocycles. The number of nitrogens with one attached hydrogen (secondary N) is 1. The minimum absolute atomic E-state index is 0.173. The highest BCUT2D eigenvalue weighted by Gasteiger charge is 2.22. The van der Waals surface area contributed by atoms with Crippen LogP contribution in [0.5, 0.6) is 0 Å². The molecule has 122 valence electrons. The lowest BCUT2D eigenvalue weighted by atomic mass is 10.1. The zero-order chi connectivity index (χ0) is 16.2. The molecule has 1 N–H and O–H groups in total. The first-order valence-electron chi connectivity index (χ1n) is 8.70. The van der Waals surface area contributed by atoms with Gasteiger partial charge >= 0.3 is 0 Å². The molecule has 0 aliphatic heterocycles. The Hall–Kier alpha value is -1.87. The summed E-state index contributed by atoms with van der Waals surface area (Å²) >= 11 is 0. The van der Waals surface area contributed by atoms with E-state index in [4.69, 9.17) is 0 Å². The minimum atomic E-state index is 0.173. The topological polar surface area (TPSA) is 34.0 Å². The highest BCUT2D eigenvalue weighted by atomic mass is 16.1. The third kappa shape index (κ3) is 3.56. The largest absolute Gasteiger partial charge is 0.310 e. The first-order chi connectivity index (χ1) is 11.2. The fourth-order valence-corrected chi connectivity index (χ4v) is 3.41. The van der Waals surface area contributed by atoms with E-state index in [2.05, 4.69) is 41.9 Å². The maximum Gasteiger partial charge on any atom is 0.255 e. The molecular formula is C20H26N2O. The summed E-state index contributed by atoms with van der Waals surface area (Å²) in [6, 6.07) is 15.1. The van der Waals surface area contributed by atoms with Gasteiger partial charge in [-0.05, 0) is 24.5 Å². The van der Waals surface area contributed by atoms with E-state index >= 15 is 0 Å². The Morgan fingerprint density at radius 2 is 1.78 bits per heavy atom. The van der Waals surface area contributed by atoms with Gasteiger partial charge in [-0.25, -0.2) is 0 Å². The van der Waals surface area contributed by atoms with Gasteiger partial charge in [0.1, 0.15) is 0 Å². The molecule has 0 amide bonds. The molecule has 0 spiro atoms. The second-order valence-corrected chi connectivity index (χ2v) is 6.76. The van der Waals surface area contributed by atoms with E-state index in [1.807, 2.05) is 24.3 Å². The number of pyridine rings is 1. The molecule has 0 radical (unpaired) electrons. The summed E-state index contributed by atoms with van der Waals surface area (Å²) in [5, 5.41) is 3.37. The standard InChI is InChI=1S/C20H26N2O/c1-15(2)21-14-17-12-13-19(16-8-4-3-5-9-16)22(20(17)23)18-10-6-7-11-18/h3-5,8-9,12-13,15,18,21H,6-7,10-11,14H2,1-2H3. The van der Waals surface area contributed by atoms with Gasteiger partial charge < -0.3 is 9.88 Å². The molecule has 0 bridgehead atoms. The molecule has 23 heavy (non-hydrogen) atoms. The van der Waals surface area contributed by atoms with Crippen LogP contribution in [0.15, 0.2) is 47.3 Å². The minimum Gasteiger partial charge on any atom is -0.310 e. The second kappa shape index (κ2) is 7.14. The van der Waals surface area contributed by atoms with Gasteiger partial charge in [-0.15, -0.1) is 0 Å². The molecule has 1 aromatic heterocycles. The number of rotatable bonds is 5. The quantitative estimate of drug-likeness (QED) is 0.901. The summed E-state index contributed by atoms with van der Waals surface area (Å²) in [6.45, 7) is 4.85. The molecule has 1 aliphatic rings. The Morgan fingerprint density at radius 1 is 1.09 bits per heavy atom. The molecule has 3 nitrogen and oxygen atoms in total. The van der Waals surface area contributed by atoms with Crippen molar-refractivity contribution in [1.82, 2.24) is 9.88 Å². The second-order valence-electron chi connectivity index (χ2n) is 6.76. The van der Waals surface area contributed by atoms with Crippen LogP contribution < -0.4 is 10.9 Å². The van der Waals surface area contributed by atoms with Crippen molar-refractivity contribution < 1.29 is 0 Å². The number of hydrogen-bond acceptors (Lipinski definition) is 2. The first kappa shape index (κ1) is 16.0. The van der Waals surface area contributed by atoms with Gasteiger partial charge in [0.15, 0.2) is 0 Å². The molecule has 0 atom stereocenters. The molecule has 0 unspecified atom stereocenters. The normalized spacial score (nSPS) is 15.4. The molecule has 1 fully saturated rings. The summed E-state index contributed by atoms with van der Waals surface area (Å²) in [4.78, 5) is 13.1. The summed E-state index contributed by atoms with van der Waals surface area (Å²) in [6.07, 6.45) is 4.67. The van der Waals surface area contributed by atoms with Crippen molar-refractivity contribution in [1.29, 1.82) is 0 Å². The van der Waals surface area contributed by atoms with Crippen LogP contribution >= 0.6 is 0 Å². The third-order valence-corrected chi connectivity index (χ3v) is 4.66. The Kier molecular flexibility index (Phi) is 4.97. The van der Waals surface area contributed by atoms with Crippen LogP contribution in [-0.4, -0.2) is 10.6 Å². The summed E-state index contributed by atoms with van der Waals surface area (Å²) in [7, 11) is 0. The summed E-state index contributed by atoms with van der Waals surface area (Å²) in [5.41, 5.74) is 3.22. The molecule has 1 saturated carbocycles. The lowest BCUT2D eigenvalue weighted by molar-refractivity contribution is 0.499. The van der Waals surface area contributed by atoms with E-state index in [0.717, 1.165) is 29.7 Å². The van der Waals surface area contributed by atoms with Crippen molar-refractivity contribution in [2.75, 3.05) is 0 Å². The smallest absolute Gasteiger partial charge is 0.255 e. The van der Waals surface area contributed by atoms with Crippen molar-refractivity contribution in [2.24, 2.45) is 0 Å². The Balaban J connectivity index is 2.05. The summed E-state index contributed by atoms with van der Waals surface area (Å²) in [5.74, 6) is 0. The third-order valence-electron chi connectivity index (χ3n) is 4.66. The van der Waals surface area contributed by atoms with Gasteiger partial charge in [-0.2, -0.15) is 0 Å². The van der Waals surface area contributed by atoms with Gasteiger partial charge in [-0.1, -0.05) is 63.1 Å². The van der Waals surface area contributed by atoms with Gasteiger partial charge in [0, 0.05) is 24.2 Å². The van der Waals surface area contributed by atoms with Gasteiger partial charge in [-0.3, -0.25) is 4.79 Å². The van der Waals surface area contributed by atoms with Crippen LogP contribution in [0.4, 0.5) is 0 Å². The zero-order valence-corrected chi connectivity index (χ0v) is 14.1. The molecule has 3 rings (SSSR count). The first-order valence-corrected chi connectivity index (χ1v) is 8.70. The monoisotopic (exact) mass is 310 g/mol. The maximum atomic E-state index is 13.1. The molecule has 1 aliphatic carbocycles. The van der Waals surface area contributed by atoms with Gasteiger partial charge in [0.2, 0.25) is 0 Å². The van der Waals surface area contributed by atoms with Crippen LogP contribution in [0, 0.1) is 0 Å². The van der Waals surface area contributed by atoms with Crippen molar-refractivity contribution in [3.63, 3.8) is 0 Å². The molecule has 3 heteroatoms. The molecule has 1 aromatic carbocycles. The Bertz CT molecular complexity index is 697. The highest BCUT2D eigenvalue weighted by molar-refractivity contribution is 5.60. The van der Waals surface area contributed by atoms with Crippen molar-refractivity contribution in [2.45, 2.75) is 58.2 Å². The Morgan fingerprint density at radius 3 is 2.43 bits per heavy atom. The SMILES string of the molecule is CC(C)NCc1ccc(-c2ccccc2)n(C2CCCC2)c1=O. The van der Waals surface area contributed by atoms with Crippen LogP contribution in [0.3, 0.4) is 0 Å². The van der Waals surface area contributed by atoms with Crippen LogP contribution in [-0.2, 0) is 6.54 Å². The van der Waals surface area contributed by atoms with Gasteiger partial charge in [0.25, 0.3) is 5.56 Å². The zero-order valence-electron chi connectivity index (χ0n) is 14.1. The van der Waals surface area contributed by atoms with E-state index in [9.17, 15) is 4.79 Å². The predicted octanol–water partition coefficient (Wildman–Crippen LogP) is 4.13. The molecular weight excluding hydrogens is 284 g/mol. The van der Waals surface area contributed by atoms with Crippen LogP contribution in [0.1, 0.15) is 51.1 Å². The Labute approximate surface area is 138 Å². The maximum absolute atomic E-state index is 13.1. The van der Waals surface area contributed by atoms with E-state index in [1.165, 1.54) is 12.8 Å². The lowest BCUT2D eigenvalue weighted by Crippen LogP contribution is -2.32. The predicted molar refractivity (Wildman–Crippen MR) is 95.6 cm³/mol. The number of aromatic nitrogens is 1. The van der Waals surface area contributed by atoms with Crippen molar-refractivity contribution >= 4 is 0 Å². The van der Waals surface area contributed by atoms with E-state index in [-0.39, 0.29) is 5.56 Å². The van der Waals surface area contributed by atoms with E-state index in [0.29, 0.717) is 18.6 Å². The highest BCUT2D eigenvalue weighted by Crippen LogP contribution is 2.32. The van der Waals surface area contributed by atoms with E-state index in [1.54, 1.807) is 0 Å². The average Bonchev–Trinajstić information content (AvgIpc) is 3.08. The van der Waals surface area contributed by atoms with Crippen molar-refractivity contribution in [3.8, 4) is 11.3 Å². The van der Waals surface area contributed by atoms with Crippen LogP contribution in [0.2, 0.25) is 0 Å². The van der Waals surface area contributed by atoms with E-state index < -0.39 is 0 Å². The fraction of sp³-hybridized carbons (Fsp3) is 0.450. The lowest BCUT2D eigenvalue weighted by Gasteiger charge is -2.21. The van der Waals surface area contributed by atoms with Crippen LogP contribution in [0.25, 0.3) is 11.3 Å². The number of hydrogen-bond donors (Lipinski definition) is 1. The average molecular weight is 310 g/mol. The fourth-order valence-electron chi connectivity index (χ4n) is 3.41.